The molecule has 1 heterocycles. The van der Waals surface area contributed by atoms with Crippen LogP contribution >= 0.6 is 0 Å². The minimum atomic E-state index is -0.509. The molecule has 150 valence electrons. The van der Waals surface area contributed by atoms with Crippen LogP contribution in [0.25, 0.3) is 11.0 Å². The van der Waals surface area contributed by atoms with Gasteiger partial charge < -0.3 is 9.88 Å². The van der Waals surface area contributed by atoms with E-state index in [-0.39, 0.29) is 23.2 Å². The van der Waals surface area contributed by atoms with Gasteiger partial charge in [-0.15, -0.1) is 0 Å². The number of hydrogen-bond donors (Lipinski definition) is 1. The van der Waals surface area contributed by atoms with Gasteiger partial charge in [0.15, 0.2) is 0 Å². The van der Waals surface area contributed by atoms with E-state index in [2.05, 4.69) is 5.32 Å². The van der Waals surface area contributed by atoms with Crippen LogP contribution in [0, 0.1) is 10.1 Å². The third kappa shape index (κ3) is 3.91. The van der Waals surface area contributed by atoms with Crippen molar-refractivity contribution >= 4 is 22.6 Å². The average Bonchev–Trinajstić information content (AvgIpc) is 3.09. The molecular weight excluding hydrogens is 380 g/mol. The van der Waals surface area contributed by atoms with E-state index in [1.165, 1.54) is 18.2 Å². The third-order valence-corrected chi connectivity index (χ3v) is 5.09. The highest BCUT2D eigenvalue weighted by molar-refractivity contribution is 5.95. The molecule has 1 amide bonds. The predicted octanol–water partition coefficient (Wildman–Crippen LogP) is 4.20. The number of nitrogens with zero attached hydrogens (tertiary/aromatic N) is 3. The number of nitrogens with one attached hydrogen (secondary N) is 1. The number of hydrogen-bond acceptors (Lipinski definition) is 4. The second-order valence-electron chi connectivity index (χ2n) is 7.02. The van der Waals surface area contributed by atoms with Gasteiger partial charge in [0.25, 0.3) is 11.6 Å². The van der Waals surface area contributed by atoms with Gasteiger partial charge in [-0.25, -0.2) is 4.98 Å². The largest absolute Gasteiger partial charge is 0.345 e. The molecule has 3 aromatic carbocycles. The van der Waals surface area contributed by atoms with E-state index in [1.807, 2.05) is 66.2 Å². The van der Waals surface area contributed by atoms with Crippen molar-refractivity contribution < 1.29 is 9.72 Å². The fourth-order valence-electron chi connectivity index (χ4n) is 3.50. The SMILES string of the molecule is Cn1c(C[C@H](NC(=O)c2cccc([N+](=O)[O-])c2)c2ccccc2)nc2ccccc21. The summed E-state index contributed by atoms with van der Waals surface area (Å²) in [6.45, 7) is 0. The van der Waals surface area contributed by atoms with Crippen LogP contribution in [0.2, 0.25) is 0 Å². The molecule has 1 aromatic heterocycles. The molecule has 0 saturated heterocycles. The lowest BCUT2D eigenvalue weighted by molar-refractivity contribution is -0.384. The Morgan fingerprint density at radius 3 is 2.53 bits per heavy atom. The fourth-order valence-corrected chi connectivity index (χ4v) is 3.50. The molecule has 0 unspecified atom stereocenters. The van der Waals surface area contributed by atoms with Crippen molar-refractivity contribution in [1.82, 2.24) is 14.9 Å². The van der Waals surface area contributed by atoms with Gasteiger partial charge in [0.05, 0.1) is 22.0 Å². The number of para-hydroxylation sites is 2. The van der Waals surface area contributed by atoms with Crippen LogP contribution in [-0.2, 0) is 13.5 Å². The molecule has 4 rings (SSSR count). The number of fused-ring (bicyclic) bond motifs is 1. The minimum Gasteiger partial charge on any atom is -0.345 e. The Kier molecular flexibility index (Phi) is 5.26. The quantitative estimate of drug-likeness (QED) is 0.388. The van der Waals surface area contributed by atoms with Gasteiger partial charge in [0.2, 0.25) is 0 Å². The first-order valence-corrected chi connectivity index (χ1v) is 9.53. The molecular formula is C23H20N4O3. The van der Waals surface area contributed by atoms with Crippen LogP contribution in [0.4, 0.5) is 5.69 Å². The fraction of sp³-hybridized carbons (Fsp3) is 0.130. The first-order chi connectivity index (χ1) is 14.5. The highest BCUT2D eigenvalue weighted by Gasteiger charge is 2.20. The normalized spacial score (nSPS) is 11.9. The summed E-state index contributed by atoms with van der Waals surface area (Å²) < 4.78 is 2.02. The molecule has 30 heavy (non-hydrogen) atoms. The van der Waals surface area contributed by atoms with Crippen molar-refractivity contribution in [2.45, 2.75) is 12.5 Å². The Bertz CT molecular complexity index is 1220. The van der Waals surface area contributed by atoms with Crippen molar-refractivity contribution in [1.29, 1.82) is 0 Å². The molecule has 0 aliphatic carbocycles. The minimum absolute atomic E-state index is 0.116. The second-order valence-corrected chi connectivity index (χ2v) is 7.02. The maximum atomic E-state index is 12.9. The lowest BCUT2D eigenvalue weighted by Crippen LogP contribution is -2.30. The van der Waals surface area contributed by atoms with E-state index in [4.69, 9.17) is 4.98 Å². The Morgan fingerprint density at radius 2 is 1.80 bits per heavy atom. The maximum absolute atomic E-state index is 12.9. The lowest BCUT2D eigenvalue weighted by atomic mass is 10.0. The van der Waals surface area contributed by atoms with Crippen LogP contribution in [0.15, 0.2) is 78.9 Å². The average molecular weight is 400 g/mol. The van der Waals surface area contributed by atoms with Crippen molar-refractivity contribution in [3.05, 3.63) is 106 Å². The Hall–Kier alpha value is -4.00. The number of benzene rings is 3. The molecule has 0 bridgehead atoms. The molecule has 0 fully saturated rings. The monoisotopic (exact) mass is 400 g/mol. The van der Waals surface area contributed by atoms with Crippen molar-refractivity contribution in [3.8, 4) is 0 Å². The Morgan fingerprint density at radius 1 is 1.07 bits per heavy atom. The lowest BCUT2D eigenvalue weighted by Gasteiger charge is -2.19. The number of nitro groups is 1. The van der Waals surface area contributed by atoms with Gasteiger partial charge in [-0.1, -0.05) is 48.5 Å². The summed E-state index contributed by atoms with van der Waals surface area (Å²) in [6, 6.07) is 22.9. The number of non-ortho nitro benzene ring substituents is 1. The second kappa shape index (κ2) is 8.16. The van der Waals surface area contributed by atoms with E-state index < -0.39 is 4.92 Å². The Balaban J connectivity index is 1.65. The van der Waals surface area contributed by atoms with Crippen LogP contribution < -0.4 is 5.32 Å². The number of imidazole rings is 1. The maximum Gasteiger partial charge on any atom is 0.270 e. The number of amides is 1. The molecule has 0 spiro atoms. The van der Waals surface area contributed by atoms with E-state index in [9.17, 15) is 14.9 Å². The van der Waals surface area contributed by atoms with E-state index in [1.54, 1.807) is 6.07 Å². The van der Waals surface area contributed by atoms with Gasteiger partial charge in [-0.2, -0.15) is 0 Å². The molecule has 1 N–H and O–H groups in total. The zero-order valence-electron chi connectivity index (χ0n) is 16.4. The molecule has 0 aliphatic rings. The summed E-state index contributed by atoms with van der Waals surface area (Å²) >= 11 is 0. The Labute approximate surface area is 173 Å². The van der Waals surface area contributed by atoms with Gasteiger partial charge in [0, 0.05) is 31.2 Å². The topological polar surface area (TPSA) is 90.1 Å². The number of carbonyl (C=O) groups is 1. The molecule has 7 heteroatoms. The summed E-state index contributed by atoms with van der Waals surface area (Å²) in [5.41, 5.74) is 2.98. The summed E-state index contributed by atoms with van der Waals surface area (Å²) in [5, 5.41) is 14.1. The summed E-state index contributed by atoms with van der Waals surface area (Å²) in [6.07, 6.45) is 0.482. The molecule has 1 atom stereocenters. The number of carbonyl (C=O) groups excluding carboxylic acids is 1. The molecule has 7 nitrogen and oxygen atoms in total. The summed E-state index contributed by atoms with van der Waals surface area (Å²) in [7, 11) is 1.95. The van der Waals surface area contributed by atoms with Crippen molar-refractivity contribution in [3.63, 3.8) is 0 Å². The molecule has 0 radical (unpaired) electrons. The van der Waals surface area contributed by atoms with Gasteiger partial charge in [-0.3, -0.25) is 14.9 Å². The zero-order chi connectivity index (χ0) is 21.1. The number of rotatable bonds is 6. The van der Waals surface area contributed by atoms with Crippen LogP contribution in [0.1, 0.15) is 27.8 Å². The first-order valence-electron chi connectivity index (χ1n) is 9.53. The van der Waals surface area contributed by atoms with E-state index in [0.717, 1.165) is 22.4 Å². The van der Waals surface area contributed by atoms with Crippen LogP contribution in [0.5, 0.6) is 0 Å². The first kappa shape index (κ1) is 19.3. The summed E-state index contributed by atoms with van der Waals surface area (Å²) in [5.74, 6) is 0.468. The number of aromatic nitrogens is 2. The van der Waals surface area contributed by atoms with Crippen molar-refractivity contribution in [2.75, 3.05) is 0 Å². The predicted molar refractivity (Wildman–Crippen MR) is 114 cm³/mol. The van der Waals surface area contributed by atoms with Crippen LogP contribution in [0.3, 0.4) is 0 Å². The van der Waals surface area contributed by atoms with Gasteiger partial charge in [0.1, 0.15) is 5.82 Å². The van der Waals surface area contributed by atoms with Gasteiger partial charge >= 0.3 is 0 Å². The molecule has 0 aliphatic heterocycles. The highest BCUT2D eigenvalue weighted by Crippen LogP contribution is 2.22. The number of aryl methyl sites for hydroxylation is 1. The molecule has 0 saturated carbocycles. The standard InChI is InChI=1S/C23H20N4O3/c1-26-21-13-6-5-12-19(21)24-22(26)15-20(16-8-3-2-4-9-16)25-23(28)17-10-7-11-18(14-17)27(29)30/h2-14,20H,15H2,1H3,(H,25,28)/t20-/m0/s1. The van der Waals surface area contributed by atoms with E-state index >= 15 is 0 Å². The van der Waals surface area contributed by atoms with Crippen LogP contribution in [-0.4, -0.2) is 20.4 Å². The number of nitro benzene ring substituents is 1. The van der Waals surface area contributed by atoms with Gasteiger partial charge in [-0.05, 0) is 23.8 Å². The highest BCUT2D eigenvalue weighted by atomic mass is 16.6. The third-order valence-electron chi connectivity index (χ3n) is 5.09. The van der Waals surface area contributed by atoms with Crippen molar-refractivity contribution in [2.24, 2.45) is 7.05 Å². The summed E-state index contributed by atoms with van der Waals surface area (Å²) in [4.78, 5) is 28.1. The molecule has 4 aromatic rings. The smallest absolute Gasteiger partial charge is 0.270 e. The zero-order valence-corrected chi connectivity index (χ0v) is 16.4. The van der Waals surface area contributed by atoms with E-state index in [0.29, 0.717) is 6.42 Å².